The van der Waals surface area contributed by atoms with Crippen molar-refractivity contribution in [2.24, 2.45) is 5.73 Å². The van der Waals surface area contributed by atoms with Gasteiger partial charge in [0.15, 0.2) is 0 Å². The number of nitrogens with one attached hydrogen (secondary N) is 1. The molecule has 1 aliphatic heterocycles. The Morgan fingerprint density at radius 3 is 2.78 bits per heavy atom. The van der Waals surface area contributed by atoms with Gasteiger partial charge in [-0.15, -0.1) is 11.8 Å². The van der Waals surface area contributed by atoms with Crippen LogP contribution in [-0.4, -0.2) is 53.3 Å². The van der Waals surface area contributed by atoms with Gasteiger partial charge in [-0.3, -0.25) is 10.1 Å². The van der Waals surface area contributed by atoms with Crippen LogP contribution < -0.4 is 11.1 Å². The lowest BCUT2D eigenvalue weighted by atomic mass is 10.3. The van der Waals surface area contributed by atoms with E-state index in [0.29, 0.717) is 41.9 Å². The van der Waals surface area contributed by atoms with Crippen molar-refractivity contribution in [2.45, 2.75) is 31.2 Å². The molecular formula is C14H22N4O3S2. The zero-order valence-corrected chi connectivity index (χ0v) is 14.8. The average molecular weight is 358 g/mol. The molecule has 9 heteroatoms. The standard InChI is InChI=1S/C14H22N4O3S2/c1-2-3-4-9-22-13-10(11(15)19)12(23-17-13)16-14(20)18-5-7-21-8-6-18/h2-9H2,1H3,(H2,15,19)(H,16,20). The smallest absolute Gasteiger partial charge is 0.322 e. The second-order valence-corrected chi connectivity index (χ2v) is 7.00. The summed E-state index contributed by atoms with van der Waals surface area (Å²) in [5, 5.41) is 3.79. The van der Waals surface area contributed by atoms with Crippen LogP contribution in [0.1, 0.15) is 36.5 Å². The molecule has 2 heterocycles. The molecule has 128 valence electrons. The molecule has 2 rings (SSSR count). The first-order chi connectivity index (χ1) is 11.1. The number of thioether (sulfide) groups is 1. The number of amides is 3. The molecule has 1 saturated heterocycles. The molecule has 3 N–H and O–H groups in total. The number of urea groups is 1. The fourth-order valence-corrected chi connectivity index (χ4v) is 4.10. The lowest BCUT2D eigenvalue weighted by Gasteiger charge is -2.26. The van der Waals surface area contributed by atoms with Gasteiger partial charge in [-0.2, -0.15) is 4.37 Å². The van der Waals surface area contributed by atoms with E-state index in [1.54, 1.807) is 4.90 Å². The molecule has 1 aromatic heterocycles. The fourth-order valence-electron chi connectivity index (χ4n) is 2.14. The minimum Gasteiger partial charge on any atom is -0.378 e. The van der Waals surface area contributed by atoms with Crippen molar-refractivity contribution in [1.29, 1.82) is 0 Å². The second-order valence-electron chi connectivity index (χ2n) is 5.14. The van der Waals surface area contributed by atoms with Crippen molar-refractivity contribution >= 4 is 40.2 Å². The first kappa shape index (κ1) is 18.0. The number of primary amides is 1. The Balaban J connectivity index is 2.01. The highest BCUT2D eigenvalue weighted by Gasteiger charge is 2.23. The van der Waals surface area contributed by atoms with E-state index in [0.717, 1.165) is 36.5 Å². The first-order valence-electron chi connectivity index (χ1n) is 7.69. The predicted molar refractivity (Wildman–Crippen MR) is 92.3 cm³/mol. The van der Waals surface area contributed by atoms with Gasteiger partial charge < -0.3 is 15.4 Å². The number of rotatable bonds is 7. The molecule has 0 unspecified atom stereocenters. The molecule has 23 heavy (non-hydrogen) atoms. The number of unbranched alkanes of at least 4 members (excludes halogenated alkanes) is 2. The molecule has 0 aromatic carbocycles. The van der Waals surface area contributed by atoms with Crippen LogP contribution in [0.5, 0.6) is 0 Å². The van der Waals surface area contributed by atoms with E-state index < -0.39 is 5.91 Å². The molecule has 0 spiro atoms. The normalized spacial score (nSPS) is 14.7. The molecule has 0 radical (unpaired) electrons. The van der Waals surface area contributed by atoms with Gasteiger partial charge >= 0.3 is 6.03 Å². The van der Waals surface area contributed by atoms with E-state index in [-0.39, 0.29) is 6.03 Å². The summed E-state index contributed by atoms with van der Waals surface area (Å²) in [6, 6.07) is -0.248. The molecular weight excluding hydrogens is 336 g/mol. The van der Waals surface area contributed by atoms with Gasteiger partial charge in [0.25, 0.3) is 5.91 Å². The molecule has 0 aliphatic carbocycles. The van der Waals surface area contributed by atoms with Gasteiger partial charge in [-0.1, -0.05) is 19.8 Å². The van der Waals surface area contributed by atoms with Crippen LogP contribution in [0.2, 0.25) is 0 Å². The lowest BCUT2D eigenvalue weighted by molar-refractivity contribution is 0.0565. The van der Waals surface area contributed by atoms with Crippen molar-refractivity contribution < 1.29 is 14.3 Å². The third-order valence-electron chi connectivity index (χ3n) is 3.41. The van der Waals surface area contributed by atoms with Crippen molar-refractivity contribution in [3.8, 4) is 0 Å². The van der Waals surface area contributed by atoms with Gasteiger partial charge in [-0.05, 0) is 23.7 Å². The summed E-state index contributed by atoms with van der Waals surface area (Å²) in [6.07, 6.45) is 3.34. The number of nitrogens with two attached hydrogens (primary N) is 1. The number of carbonyl (C=O) groups excluding carboxylic acids is 2. The summed E-state index contributed by atoms with van der Waals surface area (Å²) in [4.78, 5) is 25.6. The maximum Gasteiger partial charge on any atom is 0.322 e. The quantitative estimate of drug-likeness (QED) is 0.576. The van der Waals surface area contributed by atoms with Crippen molar-refractivity contribution in [3.63, 3.8) is 0 Å². The van der Waals surface area contributed by atoms with Gasteiger partial charge in [0, 0.05) is 13.1 Å². The molecule has 1 fully saturated rings. The van der Waals surface area contributed by atoms with Crippen molar-refractivity contribution in [3.05, 3.63) is 5.56 Å². The SMILES string of the molecule is CCCCCSc1nsc(NC(=O)N2CCOCC2)c1C(N)=O. The molecule has 7 nitrogen and oxygen atoms in total. The monoisotopic (exact) mass is 358 g/mol. The Hall–Kier alpha value is -1.32. The summed E-state index contributed by atoms with van der Waals surface area (Å²) in [5.41, 5.74) is 5.79. The summed E-state index contributed by atoms with van der Waals surface area (Å²) >= 11 is 2.61. The van der Waals surface area contributed by atoms with Crippen LogP contribution in [0.15, 0.2) is 5.03 Å². The second kappa shape index (κ2) is 9.09. The zero-order valence-electron chi connectivity index (χ0n) is 13.2. The Kier molecular flexibility index (Phi) is 7.13. The summed E-state index contributed by atoms with van der Waals surface area (Å²) in [7, 11) is 0. The minimum atomic E-state index is -0.561. The maximum atomic E-state index is 12.2. The predicted octanol–water partition coefficient (Wildman–Crippen LogP) is 2.39. The third-order valence-corrected chi connectivity index (χ3v) is 5.35. The number of anilines is 1. The third kappa shape index (κ3) is 5.08. The molecule has 0 atom stereocenters. The van der Waals surface area contributed by atoms with E-state index in [9.17, 15) is 9.59 Å². The minimum absolute atomic E-state index is 0.248. The Morgan fingerprint density at radius 1 is 1.39 bits per heavy atom. The van der Waals surface area contributed by atoms with Crippen LogP contribution in [0, 0.1) is 0 Å². The highest BCUT2D eigenvalue weighted by atomic mass is 32.2. The van der Waals surface area contributed by atoms with Crippen LogP contribution >= 0.6 is 23.3 Å². The Labute approximate surface area is 144 Å². The molecule has 1 aliphatic rings. The van der Waals surface area contributed by atoms with E-state index in [4.69, 9.17) is 10.5 Å². The number of carbonyl (C=O) groups is 2. The number of ether oxygens (including phenoxy) is 1. The van der Waals surface area contributed by atoms with E-state index in [1.807, 2.05) is 0 Å². The number of hydrogen-bond acceptors (Lipinski definition) is 6. The average Bonchev–Trinajstić information content (AvgIpc) is 2.95. The molecule has 0 bridgehead atoms. The number of nitrogens with zero attached hydrogens (tertiary/aromatic N) is 2. The van der Waals surface area contributed by atoms with E-state index in [1.165, 1.54) is 11.8 Å². The van der Waals surface area contributed by atoms with Crippen LogP contribution in [-0.2, 0) is 4.74 Å². The highest BCUT2D eigenvalue weighted by molar-refractivity contribution is 7.99. The maximum absolute atomic E-state index is 12.2. The summed E-state index contributed by atoms with van der Waals surface area (Å²) < 4.78 is 9.50. The first-order valence-corrected chi connectivity index (χ1v) is 9.45. The van der Waals surface area contributed by atoms with Crippen molar-refractivity contribution in [1.82, 2.24) is 9.27 Å². The number of hydrogen-bond donors (Lipinski definition) is 2. The van der Waals surface area contributed by atoms with Crippen LogP contribution in [0.4, 0.5) is 9.80 Å². The van der Waals surface area contributed by atoms with Gasteiger partial charge in [0.05, 0.1) is 13.2 Å². The van der Waals surface area contributed by atoms with Crippen LogP contribution in [0.25, 0.3) is 0 Å². The topological polar surface area (TPSA) is 97.6 Å². The summed E-state index contributed by atoms with van der Waals surface area (Å²) in [5.74, 6) is 0.323. The fraction of sp³-hybridized carbons (Fsp3) is 0.643. The Morgan fingerprint density at radius 2 is 2.13 bits per heavy atom. The van der Waals surface area contributed by atoms with Crippen LogP contribution in [0.3, 0.4) is 0 Å². The van der Waals surface area contributed by atoms with Gasteiger partial charge in [0.2, 0.25) is 0 Å². The largest absolute Gasteiger partial charge is 0.378 e. The van der Waals surface area contributed by atoms with Crippen molar-refractivity contribution in [2.75, 3.05) is 37.4 Å². The Bertz CT molecular complexity index is 544. The lowest BCUT2D eigenvalue weighted by Crippen LogP contribution is -2.43. The van der Waals surface area contributed by atoms with Gasteiger partial charge in [-0.25, -0.2) is 4.79 Å². The highest BCUT2D eigenvalue weighted by Crippen LogP contribution is 2.32. The van der Waals surface area contributed by atoms with Gasteiger partial charge in [0.1, 0.15) is 15.6 Å². The number of aromatic nitrogens is 1. The molecule has 3 amide bonds. The molecule has 1 aromatic rings. The number of morpholine rings is 1. The molecule has 0 saturated carbocycles. The van der Waals surface area contributed by atoms with E-state index >= 15 is 0 Å². The van der Waals surface area contributed by atoms with E-state index in [2.05, 4.69) is 16.6 Å². The zero-order chi connectivity index (χ0) is 16.7. The summed E-state index contributed by atoms with van der Waals surface area (Å²) in [6.45, 7) is 4.26.